The second kappa shape index (κ2) is 6.67. The Balaban J connectivity index is 2.29. The first-order valence-electron chi connectivity index (χ1n) is 6.00. The predicted octanol–water partition coefficient (Wildman–Crippen LogP) is 5.17. The van der Waals surface area contributed by atoms with E-state index in [9.17, 15) is 0 Å². The average molecular weight is 312 g/mol. The van der Waals surface area contributed by atoms with E-state index in [1.807, 2.05) is 55.5 Å². The van der Waals surface area contributed by atoms with Crippen LogP contribution in [0.3, 0.4) is 0 Å². The number of halogens is 2. The van der Waals surface area contributed by atoms with Crippen LogP contribution in [0.15, 0.2) is 53.4 Å². The Hall–Kier alpha value is -0.670. The van der Waals surface area contributed by atoms with E-state index < -0.39 is 0 Å². The second-order valence-corrected chi connectivity index (χ2v) is 6.44. The molecule has 0 heterocycles. The van der Waals surface area contributed by atoms with Crippen molar-refractivity contribution in [3.05, 3.63) is 64.1 Å². The summed E-state index contributed by atoms with van der Waals surface area (Å²) in [5, 5.41) is 1.58. The predicted molar refractivity (Wildman–Crippen MR) is 85.2 cm³/mol. The molecule has 0 saturated heterocycles. The molecule has 4 heteroatoms. The zero-order valence-corrected chi connectivity index (χ0v) is 12.8. The molecule has 1 nitrogen and oxygen atoms in total. The summed E-state index contributed by atoms with van der Waals surface area (Å²) >= 11 is 14.0. The van der Waals surface area contributed by atoms with Crippen molar-refractivity contribution in [2.75, 3.05) is 0 Å². The van der Waals surface area contributed by atoms with Gasteiger partial charge in [-0.25, -0.2) is 0 Å². The molecule has 19 heavy (non-hydrogen) atoms. The van der Waals surface area contributed by atoms with Gasteiger partial charge in [-0.05, 0) is 36.8 Å². The minimum absolute atomic E-state index is 0.0103. The molecule has 2 aromatic rings. The zero-order valence-electron chi connectivity index (χ0n) is 10.5. The van der Waals surface area contributed by atoms with Crippen molar-refractivity contribution in [2.45, 2.75) is 23.1 Å². The topological polar surface area (TPSA) is 26.0 Å². The summed E-state index contributed by atoms with van der Waals surface area (Å²) in [5.41, 5.74) is 7.17. The van der Waals surface area contributed by atoms with Crippen LogP contribution in [0, 0.1) is 0 Å². The Morgan fingerprint density at radius 1 is 1.05 bits per heavy atom. The molecule has 0 aliphatic heterocycles. The lowest BCUT2D eigenvalue weighted by atomic mass is 10.1. The standard InChI is InChI=1S/C15H15Cl2NS/c1-10(18)15(13-7-2-3-8-14(13)17)19-12-6-4-5-11(16)9-12/h2-10,15H,18H2,1H3. The molecule has 0 saturated carbocycles. The van der Waals surface area contributed by atoms with Crippen LogP contribution < -0.4 is 5.73 Å². The maximum Gasteiger partial charge on any atom is 0.0507 e. The molecular weight excluding hydrogens is 297 g/mol. The van der Waals surface area contributed by atoms with Crippen LogP contribution in [-0.4, -0.2) is 6.04 Å². The van der Waals surface area contributed by atoms with Crippen molar-refractivity contribution in [3.8, 4) is 0 Å². The van der Waals surface area contributed by atoms with Crippen LogP contribution >= 0.6 is 35.0 Å². The SMILES string of the molecule is CC(N)C(Sc1cccc(Cl)c1)c1ccccc1Cl. The molecule has 0 aliphatic rings. The van der Waals surface area contributed by atoms with E-state index in [-0.39, 0.29) is 11.3 Å². The third kappa shape index (κ3) is 3.90. The number of hydrogen-bond donors (Lipinski definition) is 1. The summed E-state index contributed by atoms with van der Waals surface area (Å²) in [6.45, 7) is 1.99. The lowest BCUT2D eigenvalue weighted by Crippen LogP contribution is -2.22. The first-order valence-corrected chi connectivity index (χ1v) is 7.63. The van der Waals surface area contributed by atoms with Gasteiger partial charge in [-0.3, -0.25) is 0 Å². The lowest BCUT2D eigenvalue weighted by molar-refractivity contribution is 0.721. The molecular formula is C15H15Cl2NS. The normalized spacial score (nSPS) is 14.1. The van der Waals surface area contributed by atoms with Crippen LogP contribution in [0.4, 0.5) is 0 Å². The molecule has 100 valence electrons. The fourth-order valence-electron chi connectivity index (χ4n) is 1.85. The molecule has 2 rings (SSSR count). The molecule has 2 unspecified atom stereocenters. The number of rotatable bonds is 4. The van der Waals surface area contributed by atoms with Gasteiger partial charge in [-0.2, -0.15) is 0 Å². The Labute approximate surface area is 128 Å². The zero-order chi connectivity index (χ0) is 13.8. The molecule has 0 aromatic heterocycles. The Kier molecular flexibility index (Phi) is 5.17. The van der Waals surface area contributed by atoms with E-state index in [0.717, 1.165) is 20.5 Å². The van der Waals surface area contributed by atoms with Crippen LogP contribution in [0.25, 0.3) is 0 Å². The second-order valence-electron chi connectivity index (χ2n) is 4.38. The van der Waals surface area contributed by atoms with Crippen molar-refractivity contribution in [3.63, 3.8) is 0 Å². The first-order chi connectivity index (χ1) is 9.08. The average Bonchev–Trinajstić information content (AvgIpc) is 2.37. The highest BCUT2D eigenvalue weighted by molar-refractivity contribution is 7.99. The van der Waals surface area contributed by atoms with E-state index in [0.29, 0.717) is 0 Å². The molecule has 0 spiro atoms. The molecule has 0 fully saturated rings. The third-order valence-corrected chi connectivity index (χ3v) is 4.79. The van der Waals surface area contributed by atoms with Gasteiger partial charge in [0.25, 0.3) is 0 Å². The first kappa shape index (κ1) is 14.7. The van der Waals surface area contributed by atoms with E-state index in [1.165, 1.54) is 0 Å². The smallest absolute Gasteiger partial charge is 0.0507 e. The Bertz CT molecular complexity index is 557. The van der Waals surface area contributed by atoms with E-state index in [2.05, 4.69) is 0 Å². The largest absolute Gasteiger partial charge is 0.327 e. The van der Waals surface area contributed by atoms with Gasteiger partial charge in [0, 0.05) is 21.0 Å². The molecule has 2 N–H and O–H groups in total. The van der Waals surface area contributed by atoms with Gasteiger partial charge in [0.1, 0.15) is 0 Å². The summed E-state index contributed by atoms with van der Waals surface area (Å²) in [7, 11) is 0. The summed E-state index contributed by atoms with van der Waals surface area (Å²) in [6.07, 6.45) is 0. The maximum atomic E-state index is 6.27. The molecule has 0 aliphatic carbocycles. The van der Waals surface area contributed by atoms with E-state index >= 15 is 0 Å². The third-order valence-electron chi connectivity index (χ3n) is 2.75. The van der Waals surface area contributed by atoms with Crippen molar-refractivity contribution in [1.29, 1.82) is 0 Å². The fraction of sp³-hybridized carbons (Fsp3) is 0.200. The van der Waals surface area contributed by atoms with Crippen LogP contribution in [-0.2, 0) is 0 Å². The summed E-state index contributed by atoms with van der Waals surface area (Å²) in [4.78, 5) is 1.09. The molecule has 2 aromatic carbocycles. The quantitative estimate of drug-likeness (QED) is 0.788. The summed E-state index contributed by atoms with van der Waals surface area (Å²) in [5.74, 6) is 0. The minimum Gasteiger partial charge on any atom is -0.327 e. The number of benzene rings is 2. The fourth-order valence-corrected chi connectivity index (χ4v) is 3.61. The molecule has 0 amide bonds. The highest BCUT2D eigenvalue weighted by atomic mass is 35.5. The number of hydrogen-bond acceptors (Lipinski definition) is 2. The van der Waals surface area contributed by atoms with Crippen molar-refractivity contribution in [1.82, 2.24) is 0 Å². The number of nitrogens with two attached hydrogens (primary N) is 1. The minimum atomic E-state index is -0.0103. The van der Waals surface area contributed by atoms with Gasteiger partial charge in [-0.15, -0.1) is 11.8 Å². The maximum absolute atomic E-state index is 6.27. The van der Waals surface area contributed by atoms with Gasteiger partial charge in [0.05, 0.1) is 5.25 Å². The van der Waals surface area contributed by atoms with Gasteiger partial charge in [-0.1, -0.05) is 47.5 Å². The van der Waals surface area contributed by atoms with E-state index in [1.54, 1.807) is 11.8 Å². The van der Waals surface area contributed by atoms with Crippen LogP contribution in [0.2, 0.25) is 10.0 Å². The highest BCUT2D eigenvalue weighted by Crippen LogP contribution is 2.40. The lowest BCUT2D eigenvalue weighted by Gasteiger charge is -2.22. The van der Waals surface area contributed by atoms with Crippen LogP contribution in [0.1, 0.15) is 17.7 Å². The van der Waals surface area contributed by atoms with E-state index in [4.69, 9.17) is 28.9 Å². The van der Waals surface area contributed by atoms with Gasteiger partial charge in [0.2, 0.25) is 0 Å². The van der Waals surface area contributed by atoms with Crippen molar-refractivity contribution >= 4 is 35.0 Å². The van der Waals surface area contributed by atoms with Crippen LogP contribution in [0.5, 0.6) is 0 Å². The summed E-state index contributed by atoms with van der Waals surface area (Å²) < 4.78 is 0. The van der Waals surface area contributed by atoms with Crippen molar-refractivity contribution in [2.24, 2.45) is 5.73 Å². The monoisotopic (exact) mass is 311 g/mol. The number of thioether (sulfide) groups is 1. The van der Waals surface area contributed by atoms with Gasteiger partial charge in [0.15, 0.2) is 0 Å². The molecule has 0 bridgehead atoms. The Morgan fingerprint density at radius 3 is 2.42 bits per heavy atom. The molecule has 2 atom stereocenters. The molecule has 0 radical (unpaired) electrons. The van der Waals surface area contributed by atoms with Gasteiger partial charge < -0.3 is 5.73 Å². The van der Waals surface area contributed by atoms with Gasteiger partial charge >= 0.3 is 0 Å². The Morgan fingerprint density at radius 2 is 1.79 bits per heavy atom. The van der Waals surface area contributed by atoms with Crippen molar-refractivity contribution < 1.29 is 0 Å². The highest BCUT2D eigenvalue weighted by Gasteiger charge is 2.20. The summed E-state index contributed by atoms with van der Waals surface area (Å²) in [6, 6.07) is 15.6.